The second kappa shape index (κ2) is 10.0. The highest BCUT2D eigenvalue weighted by atomic mass is 16.6. The van der Waals surface area contributed by atoms with Crippen LogP contribution in [0.4, 0.5) is 11.4 Å². The number of rotatable bonds is 10. The van der Waals surface area contributed by atoms with Crippen LogP contribution in [0.25, 0.3) is 0 Å². The quantitative estimate of drug-likeness (QED) is 0.215. The third-order valence-electron chi connectivity index (χ3n) is 3.13. The molecular formula is C16H21N3O6. The first-order chi connectivity index (χ1) is 11.9. The van der Waals surface area contributed by atoms with Crippen LogP contribution in [-0.2, 0) is 14.3 Å². The van der Waals surface area contributed by atoms with E-state index in [0.717, 1.165) is 6.07 Å². The molecule has 136 valence electrons. The lowest BCUT2D eigenvalue weighted by Crippen LogP contribution is -2.35. The normalized spacial score (nSPS) is 11.3. The van der Waals surface area contributed by atoms with Crippen molar-refractivity contribution in [2.45, 2.75) is 13.0 Å². The topological polar surface area (TPSA) is 120 Å². The molecule has 0 spiro atoms. The molecule has 0 bridgehead atoms. The van der Waals surface area contributed by atoms with Crippen LogP contribution in [0.3, 0.4) is 0 Å². The highest BCUT2D eigenvalue weighted by Crippen LogP contribution is 2.26. The van der Waals surface area contributed by atoms with Gasteiger partial charge in [-0.25, -0.2) is 4.79 Å². The van der Waals surface area contributed by atoms with Crippen LogP contribution < -0.4 is 10.6 Å². The van der Waals surface area contributed by atoms with Crippen LogP contribution in [0.15, 0.2) is 30.9 Å². The summed E-state index contributed by atoms with van der Waals surface area (Å²) in [6.07, 6.45) is 0.455. The van der Waals surface area contributed by atoms with Crippen molar-refractivity contribution in [2.24, 2.45) is 0 Å². The molecular weight excluding hydrogens is 330 g/mol. The zero-order valence-corrected chi connectivity index (χ0v) is 14.1. The van der Waals surface area contributed by atoms with Crippen molar-refractivity contribution in [3.63, 3.8) is 0 Å². The largest absolute Gasteiger partial charge is 0.449 e. The molecule has 1 amide bonds. The molecule has 1 aromatic carbocycles. The third-order valence-corrected chi connectivity index (χ3v) is 3.13. The SMILES string of the molecule is C=CCNC(=O)[C@@H](C)OC(=O)c1ccc(NCCOC)c([N+](=O)[O-])c1. The van der Waals surface area contributed by atoms with E-state index < -0.39 is 22.9 Å². The van der Waals surface area contributed by atoms with Crippen molar-refractivity contribution in [1.82, 2.24) is 5.32 Å². The number of carbonyl (C=O) groups excluding carboxylic acids is 2. The Morgan fingerprint density at radius 2 is 2.16 bits per heavy atom. The van der Waals surface area contributed by atoms with Crippen LogP contribution in [0.2, 0.25) is 0 Å². The second-order valence-corrected chi connectivity index (χ2v) is 4.99. The molecule has 1 aromatic rings. The molecule has 2 N–H and O–H groups in total. The van der Waals surface area contributed by atoms with Gasteiger partial charge in [0.2, 0.25) is 0 Å². The first-order valence-electron chi connectivity index (χ1n) is 7.51. The van der Waals surface area contributed by atoms with Gasteiger partial charge in [0, 0.05) is 26.3 Å². The maximum absolute atomic E-state index is 12.1. The average molecular weight is 351 g/mol. The number of nitrogens with one attached hydrogen (secondary N) is 2. The molecule has 9 nitrogen and oxygen atoms in total. The van der Waals surface area contributed by atoms with Gasteiger partial charge < -0.3 is 20.1 Å². The van der Waals surface area contributed by atoms with Gasteiger partial charge in [-0.15, -0.1) is 6.58 Å². The summed E-state index contributed by atoms with van der Waals surface area (Å²) in [5, 5.41) is 16.5. The van der Waals surface area contributed by atoms with E-state index in [1.165, 1.54) is 32.2 Å². The van der Waals surface area contributed by atoms with Crippen LogP contribution in [0.1, 0.15) is 17.3 Å². The van der Waals surface area contributed by atoms with Crippen LogP contribution >= 0.6 is 0 Å². The number of nitro benzene ring substituents is 1. The number of nitro groups is 1. The molecule has 1 rings (SSSR count). The average Bonchev–Trinajstić information content (AvgIpc) is 2.59. The Hall–Kier alpha value is -2.94. The Morgan fingerprint density at radius 3 is 2.76 bits per heavy atom. The highest BCUT2D eigenvalue weighted by Gasteiger charge is 2.22. The van der Waals surface area contributed by atoms with Gasteiger partial charge in [-0.05, 0) is 19.1 Å². The van der Waals surface area contributed by atoms with Gasteiger partial charge >= 0.3 is 5.97 Å². The number of methoxy groups -OCH3 is 1. The summed E-state index contributed by atoms with van der Waals surface area (Å²) in [4.78, 5) is 34.4. The fourth-order valence-corrected chi connectivity index (χ4v) is 1.85. The van der Waals surface area contributed by atoms with E-state index in [4.69, 9.17) is 9.47 Å². The highest BCUT2D eigenvalue weighted by molar-refractivity contribution is 5.93. The number of ether oxygens (including phenoxy) is 2. The summed E-state index contributed by atoms with van der Waals surface area (Å²) in [7, 11) is 1.52. The molecule has 0 heterocycles. The fraction of sp³-hybridized carbons (Fsp3) is 0.375. The Labute approximate surface area is 145 Å². The second-order valence-electron chi connectivity index (χ2n) is 4.99. The van der Waals surface area contributed by atoms with Crippen molar-refractivity contribution < 1.29 is 24.0 Å². The van der Waals surface area contributed by atoms with E-state index in [2.05, 4.69) is 17.2 Å². The van der Waals surface area contributed by atoms with Crippen LogP contribution in [0.5, 0.6) is 0 Å². The summed E-state index contributed by atoms with van der Waals surface area (Å²) in [6.45, 7) is 5.86. The van der Waals surface area contributed by atoms with Gasteiger partial charge in [0.05, 0.1) is 17.1 Å². The minimum Gasteiger partial charge on any atom is -0.449 e. The number of hydrogen-bond donors (Lipinski definition) is 2. The van der Waals surface area contributed by atoms with E-state index in [1.54, 1.807) is 0 Å². The first-order valence-corrected chi connectivity index (χ1v) is 7.51. The van der Waals surface area contributed by atoms with E-state index in [9.17, 15) is 19.7 Å². The van der Waals surface area contributed by atoms with Crippen LogP contribution in [0, 0.1) is 10.1 Å². The molecule has 0 aliphatic carbocycles. The molecule has 0 saturated carbocycles. The third kappa shape index (κ3) is 6.22. The number of hydrogen-bond acceptors (Lipinski definition) is 7. The maximum Gasteiger partial charge on any atom is 0.339 e. The molecule has 0 saturated heterocycles. The number of benzene rings is 1. The molecule has 9 heteroatoms. The summed E-state index contributed by atoms with van der Waals surface area (Å²) in [5.41, 5.74) is -0.0305. The summed E-state index contributed by atoms with van der Waals surface area (Å²) in [5.74, 6) is -1.31. The zero-order chi connectivity index (χ0) is 18.8. The lowest BCUT2D eigenvalue weighted by molar-refractivity contribution is -0.384. The van der Waals surface area contributed by atoms with Gasteiger partial charge in [0.1, 0.15) is 5.69 Å². The number of nitrogens with zero attached hydrogens (tertiary/aromatic N) is 1. The van der Waals surface area contributed by atoms with Gasteiger partial charge in [0.25, 0.3) is 11.6 Å². The number of carbonyl (C=O) groups is 2. The molecule has 0 radical (unpaired) electrons. The van der Waals surface area contributed by atoms with Gasteiger partial charge in [-0.1, -0.05) is 6.08 Å². The molecule has 0 aromatic heterocycles. The Bertz CT molecular complexity index is 647. The first kappa shape index (κ1) is 20.1. The van der Waals surface area contributed by atoms with E-state index in [0.29, 0.717) is 13.2 Å². The van der Waals surface area contributed by atoms with Crippen molar-refractivity contribution in [3.8, 4) is 0 Å². The number of amides is 1. The van der Waals surface area contributed by atoms with E-state index in [1.807, 2.05) is 0 Å². The molecule has 25 heavy (non-hydrogen) atoms. The van der Waals surface area contributed by atoms with Crippen molar-refractivity contribution in [3.05, 3.63) is 46.5 Å². The Morgan fingerprint density at radius 1 is 1.44 bits per heavy atom. The maximum atomic E-state index is 12.1. The minimum absolute atomic E-state index is 0.0210. The van der Waals surface area contributed by atoms with Gasteiger partial charge in [0.15, 0.2) is 6.10 Å². The molecule has 0 aliphatic heterocycles. The smallest absolute Gasteiger partial charge is 0.339 e. The predicted molar refractivity (Wildman–Crippen MR) is 91.5 cm³/mol. The van der Waals surface area contributed by atoms with Crippen molar-refractivity contribution in [2.75, 3.05) is 32.1 Å². The van der Waals surface area contributed by atoms with Gasteiger partial charge in [-0.2, -0.15) is 0 Å². The lowest BCUT2D eigenvalue weighted by Gasteiger charge is -2.13. The van der Waals surface area contributed by atoms with Crippen LogP contribution in [-0.4, -0.2) is 49.7 Å². The van der Waals surface area contributed by atoms with Crippen molar-refractivity contribution in [1.29, 1.82) is 0 Å². The molecule has 0 unspecified atom stereocenters. The summed E-state index contributed by atoms with van der Waals surface area (Å²) >= 11 is 0. The zero-order valence-electron chi connectivity index (χ0n) is 14.1. The van der Waals surface area contributed by atoms with Gasteiger partial charge in [-0.3, -0.25) is 14.9 Å². The lowest BCUT2D eigenvalue weighted by atomic mass is 10.1. The van der Waals surface area contributed by atoms with Crippen molar-refractivity contribution >= 4 is 23.3 Å². The summed E-state index contributed by atoms with van der Waals surface area (Å²) in [6, 6.07) is 3.90. The van der Waals surface area contributed by atoms with E-state index in [-0.39, 0.29) is 23.5 Å². The number of anilines is 1. The predicted octanol–water partition coefficient (Wildman–Crippen LogP) is 1.50. The molecule has 0 aliphatic rings. The Balaban J connectivity index is 2.84. The monoisotopic (exact) mass is 351 g/mol. The fourth-order valence-electron chi connectivity index (χ4n) is 1.85. The minimum atomic E-state index is -1.04. The molecule has 0 fully saturated rings. The summed E-state index contributed by atoms with van der Waals surface area (Å²) < 4.78 is 9.89. The standard InChI is InChI=1S/C16H21N3O6/c1-4-7-18-15(20)11(2)25-16(21)12-5-6-13(17-8-9-24-3)14(10-12)19(22)23/h4-6,10-11,17H,1,7-9H2,2-3H3,(H,18,20)/t11-/m1/s1. The number of esters is 1. The molecule has 1 atom stereocenters. The van der Waals surface area contributed by atoms with E-state index >= 15 is 0 Å². The Kier molecular flexibility index (Phi) is 8.07.